The maximum atomic E-state index is 13.2. The highest BCUT2D eigenvalue weighted by molar-refractivity contribution is 6.31. The van der Waals surface area contributed by atoms with Gasteiger partial charge in [-0.2, -0.15) is 0 Å². The zero-order valence-corrected chi connectivity index (χ0v) is 16.8. The molecule has 2 amide bonds. The van der Waals surface area contributed by atoms with Crippen LogP contribution in [-0.4, -0.2) is 64.5 Å². The largest absolute Gasteiger partial charge is 0.358 e. The Hall–Kier alpha value is -3.13. The molecule has 0 saturated carbocycles. The van der Waals surface area contributed by atoms with Crippen LogP contribution in [0.25, 0.3) is 10.9 Å². The molecule has 1 aromatic carbocycles. The molecule has 1 saturated heterocycles. The number of carbonyl (C=O) groups is 2. The minimum absolute atomic E-state index is 0.0493. The van der Waals surface area contributed by atoms with E-state index in [-0.39, 0.29) is 18.4 Å². The van der Waals surface area contributed by atoms with Crippen LogP contribution in [0.2, 0.25) is 5.02 Å². The summed E-state index contributed by atoms with van der Waals surface area (Å²) in [4.78, 5) is 37.5. The Morgan fingerprint density at radius 1 is 1.17 bits per heavy atom. The molecule has 3 aromatic rings. The van der Waals surface area contributed by atoms with Crippen LogP contribution in [0, 0.1) is 0 Å². The lowest BCUT2D eigenvalue weighted by Crippen LogP contribution is -2.49. The molecule has 9 heteroatoms. The quantitative estimate of drug-likeness (QED) is 0.706. The fourth-order valence-electron chi connectivity index (χ4n) is 3.56. The molecule has 1 aliphatic heterocycles. The number of hydrogen-bond acceptors (Lipinski definition) is 5. The van der Waals surface area contributed by atoms with Gasteiger partial charge in [0, 0.05) is 62.2 Å². The number of halogens is 1. The summed E-state index contributed by atoms with van der Waals surface area (Å²) in [5.41, 5.74) is 1.34. The molecule has 29 heavy (non-hydrogen) atoms. The first-order valence-corrected chi connectivity index (χ1v) is 9.74. The number of nitrogens with one attached hydrogen (secondary N) is 1. The zero-order chi connectivity index (χ0) is 20.4. The van der Waals surface area contributed by atoms with Gasteiger partial charge in [-0.3, -0.25) is 14.6 Å². The van der Waals surface area contributed by atoms with Crippen molar-refractivity contribution in [3.63, 3.8) is 0 Å². The Kier molecular flexibility index (Phi) is 5.35. The molecule has 2 aromatic heterocycles. The van der Waals surface area contributed by atoms with Crippen LogP contribution in [0.5, 0.6) is 0 Å². The highest BCUT2D eigenvalue weighted by atomic mass is 35.5. The van der Waals surface area contributed by atoms with E-state index in [0.717, 1.165) is 16.7 Å². The molecular formula is C20H21ClN6O2. The molecule has 1 N–H and O–H groups in total. The van der Waals surface area contributed by atoms with Gasteiger partial charge in [0.2, 0.25) is 5.91 Å². The summed E-state index contributed by atoms with van der Waals surface area (Å²) in [7, 11) is 1.59. The van der Waals surface area contributed by atoms with Gasteiger partial charge >= 0.3 is 0 Å². The van der Waals surface area contributed by atoms with E-state index in [1.807, 2.05) is 11.0 Å². The molecule has 0 atom stereocenters. The first-order chi connectivity index (χ1) is 14.1. The summed E-state index contributed by atoms with van der Waals surface area (Å²) in [6.45, 7) is 2.68. The maximum absolute atomic E-state index is 13.2. The zero-order valence-electron chi connectivity index (χ0n) is 16.0. The molecule has 3 heterocycles. The van der Waals surface area contributed by atoms with Crippen molar-refractivity contribution >= 4 is 40.1 Å². The highest BCUT2D eigenvalue weighted by Gasteiger charge is 2.26. The van der Waals surface area contributed by atoms with Crippen LogP contribution in [0.4, 0.5) is 5.82 Å². The molecule has 1 aliphatic rings. The van der Waals surface area contributed by atoms with E-state index in [1.54, 1.807) is 48.5 Å². The van der Waals surface area contributed by atoms with E-state index in [0.29, 0.717) is 36.8 Å². The smallest absolute Gasteiger partial charge is 0.256 e. The van der Waals surface area contributed by atoms with Gasteiger partial charge in [0.05, 0.1) is 17.3 Å². The Morgan fingerprint density at radius 3 is 2.66 bits per heavy atom. The van der Waals surface area contributed by atoms with Gasteiger partial charge in [-0.15, -0.1) is 0 Å². The summed E-state index contributed by atoms with van der Waals surface area (Å²) < 4.78 is 1.77. The monoisotopic (exact) mass is 412 g/mol. The predicted molar refractivity (Wildman–Crippen MR) is 111 cm³/mol. The summed E-state index contributed by atoms with van der Waals surface area (Å²) in [6.07, 6.45) is 6.78. The molecule has 8 nitrogen and oxygen atoms in total. The lowest BCUT2D eigenvalue weighted by molar-refractivity contribution is -0.121. The highest BCUT2D eigenvalue weighted by Crippen LogP contribution is 2.26. The Labute approximate surface area is 173 Å². The van der Waals surface area contributed by atoms with Crippen LogP contribution >= 0.6 is 11.6 Å². The fourth-order valence-corrected chi connectivity index (χ4v) is 3.73. The average Bonchev–Trinajstić information content (AvgIpc) is 3.11. The van der Waals surface area contributed by atoms with Gasteiger partial charge in [0.1, 0.15) is 12.4 Å². The van der Waals surface area contributed by atoms with E-state index in [1.165, 1.54) is 0 Å². The third-order valence-corrected chi connectivity index (χ3v) is 5.34. The topological polar surface area (TPSA) is 83.4 Å². The molecule has 0 unspecified atom stereocenters. The summed E-state index contributed by atoms with van der Waals surface area (Å²) in [6, 6.07) is 5.38. The van der Waals surface area contributed by atoms with Crippen molar-refractivity contribution in [3.05, 3.63) is 53.6 Å². The maximum Gasteiger partial charge on any atom is 0.256 e. The van der Waals surface area contributed by atoms with Crippen molar-refractivity contribution in [1.82, 2.24) is 24.8 Å². The second kappa shape index (κ2) is 8.08. The Balaban J connectivity index is 1.57. The molecule has 0 aliphatic carbocycles. The van der Waals surface area contributed by atoms with E-state index in [4.69, 9.17) is 11.6 Å². The normalized spacial score (nSPS) is 14.3. The first kappa shape index (κ1) is 19.2. The lowest BCUT2D eigenvalue weighted by Gasteiger charge is -2.35. The van der Waals surface area contributed by atoms with Crippen LogP contribution in [0.3, 0.4) is 0 Å². The third-order valence-electron chi connectivity index (χ3n) is 5.11. The number of carbonyl (C=O) groups excluding carboxylic acids is 2. The molecule has 1 fully saturated rings. The van der Waals surface area contributed by atoms with Gasteiger partial charge in [-0.25, -0.2) is 4.98 Å². The van der Waals surface area contributed by atoms with E-state index in [9.17, 15) is 9.59 Å². The number of likely N-dealkylation sites (N-methyl/N-ethyl adjacent to an activating group) is 1. The Bertz CT molecular complexity index is 1040. The van der Waals surface area contributed by atoms with Gasteiger partial charge in [-0.05, 0) is 12.1 Å². The summed E-state index contributed by atoms with van der Waals surface area (Å²) in [5, 5.41) is 3.96. The predicted octanol–water partition coefficient (Wildman–Crippen LogP) is 1.79. The number of nitrogens with zero attached hydrogens (tertiary/aromatic N) is 5. The number of hydrogen-bond donors (Lipinski definition) is 1. The number of aromatic nitrogens is 3. The SMILES string of the molecule is CNC(=O)Cn1cc(C(=O)N2CCN(c3cnccn3)CC2)c2ccc(Cl)cc21. The number of benzene rings is 1. The van der Waals surface area contributed by atoms with Crippen molar-refractivity contribution in [1.29, 1.82) is 0 Å². The number of fused-ring (bicyclic) bond motifs is 1. The average molecular weight is 413 g/mol. The lowest BCUT2D eigenvalue weighted by atomic mass is 10.1. The Morgan fingerprint density at radius 2 is 1.97 bits per heavy atom. The minimum Gasteiger partial charge on any atom is -0.358 e. The van der Waals surface area contributed by atoms with E-state index >= 15 is 0 Å². The van der Waals surface area contributed by atoms with Crippen LogP contribution in [0.15, 0.2) is 43.0 Å². The van der Waals surface area contributed by atoms with Gasteiger partial charge in [0.25, 0.3) is 5.91 Å². The second-order valence-electron chi connectivity index (χ2n) is 6.85. The third kappa shape index (κ3) is 3.88. The van der Waals surface area contributed by atoms with Crippen molar-refractivity contribution in [2.75, 3.05) is 38.1 Å². The number of piperazine rings is 1. The molecule has 0 radical (unpaired) electrons. The number of anilines is 1. The van der Waals surface area contributed by atoms with E-state index in [2.05, 4.69) is 20.2 Å². The van der Waals surface area contributed by atoms with Crippen LogP contribution in [-0.2, 0) is 11.3 Å². The number of rotatable bonds is 4. The second-order valence-corrected chi connectivity index (χ2v) is 7.28. The molecule has 4 rings (SSSR count). The van der Waals surface area contributed by atoms with Crippen molar-refractivity contribution in [2.45, 2.75) is 6.54 Å². The fraction of sp³-hybridized carbons (Fsp3) is 0.300. The van der Waals surface area contributed by atoms with Gasteiger partial charge < -0.3 is 19.7 Å². The molecule has 0 bridgehead atoms. The number of amides is 2. The van der Waals surface area contributed by atoms with Crippen molar-refractivity contribution < 1.29 is 9.59 Å². The summed E-state index contributed by atoms with van der Waals surface area (Å²) >= 11 is 6.15. The molecule has 150 valence electrons. The van der Waals surface area contributed by atoms with Crippen LogP contribution in [0.1, 0.15) is 10.4 Å². The molecule has 0 spiro atoms. The minimum atomic E-state index is -0.140. The van der Waals surface area contributed by atoms with Crippen molar-refractivity contribution in [2.24, 2.45) is 0 Å². The summed E-state index contributed by atoms with van der Waals surface area (Å²) in [5.74, 6) is 0.627. The van der Waals surface area contributed by atoms with Crippen LogP contribution < -0.4 is 10.2 Å². The van der Waals surface area contributed by atoms with Crippen molar-refractivity contribution in [3.8, 4) is 0 Å². The van der Waals surface area contributed by atoms with Gasteiger partial charge in [-0.1, -0.05) is 17.7 Å². The van der Waals surface area contributed by atoms with E-state index < -0.39 is 0 Å². The first-order valence-electron chi connectivity index (χ1n) is 9.36. The standard InChI is InChI=1S/C20H21ClN6O2/c1-22-19(28)13-27-12-16(15-3-2-14(21)10-17(15)27)20(29)26-8-6-25(7-9-26)18-11-23-4-5-24-18/h2-5,10-12H,6-9,13H2,1H3,(H,22,28). The molecular weight excluding hydrogens is 392 g/mol. The van der Waals surface area contributed by atoms with Gasteiger partial charge in [0.15, 0.2) is 0 Å².